The zero-order valence-corrected chi connectivity index (χ0v) is 15.2. The number of para-hydroxylation sites is 2. The number of carbonyl (C=O) groups is 1. The molecule has 5 rings (SSSR count). The highest BCUT2D eigenvalue weighted by Gasteiger charge is 2.23. The Bertz CT molecular complexity index is 1160. The van der Waals surface area contributed by atoms with Gasteiger partial charge in [0.25, 0.3) is 5.91 Å². The Morgan fingerprint density at radius 1 is 0.750 bits per heavy atom. The van der Waals surface area contributed by atoms with Crippen molar-refractivity contribution in [2.24, 2.45) is 0 Å². The SMILES string of the molecule is O=C(c1ccc2nc3ccccc3nc2c1)N1CCN(c2ncccn2)CC1. The molecule has 0 bridgehead atoms. The van der Waals surface area contributed by atoms with Gasteiger partial charge in [-0.25, -0.2) is 19.9 Å². The third kappa shape index (κ3) is 3.00. The lowest BCUT2D eigenvalue weighted by Gasteiger charge is -2.34. The van der Waals surface area contributed by atoms with Crippen LogP contribution in [0.25, 0.3) is 22.1 Å². The number of benzene rings is 2. The van der Waals surface area contributed by atoms with Gasteiger partial charge in [-0.05, 0) is 36.4 Å². The van der Waals surface area contributed by atoms with Gasteiger partial charge in [-0.1, -0.05) is 12.1 Å². The summed E-state index contributed by atoms with van der Waals surface area (Å²) in [7, 11) is 0. The normalized spacial score (nSPS) is 14.6. The zero-order valence-electron chi connectivity index (χ0n) is 15.2. The average Bonchev–Trinajstić information content (AvgIpc) is 2.77. The van der Waals surface area contributed by atoms with Gasteiger partial charge in [-0.15, -0.1) is 0 Å². The number of nitrogens with zero attached hydrogens (tertiary/aromatic N) is 6. The summed E-state index contributed by atoms with van der Waals surface area (Å²) in [5.41, 5.74) is 3.85. The van der Waals surface area contributed by atoms with Crippen LogP contribution in [0.4, 0.5) is 5.95 Å². The van der Waals surface area contributed by atoms with Crippen LogP contribution in [0.1, 0.15) is 10.4 Å². The second-order valence-electron chi connectivity index (χ2n) is 6.74. The van der Waals surface area contributed by atoms with E-state index in [1.165, 1.54) is 0 Å². The molecule has 7 heteroatoms. The van der Waals surface area contributed by atoms with Crippen molar-refractivity contribution in [3.05, 3.63) is 66.5 Å². The minimum atomic E-state index is 0.0190. The van der Waals surface area contributed by atoms with Crippen LogP contribution in [0.15, 0.2) is 60.9 Å². The second kappa shape index (κ2) is 6.84. The maximum Gasteiger partial charge on any atom is 0.254 e. The third-order valence-corrected chi connectivity index (χ3v) is 4.99. The number of amides is 1. The summed E-state index contributed by atoms with van der Waals surface area (Å²) < 4.78 is 0. The molecular formula is C21H18N6O. The van der Waals surface area contributed by atoms with E-state index in [2.05, 4.69) is 24.8 Å². The maximum atomic E-state index is 13.0. The lowest BCUT2D eigenvalue weighted by molar-refractivity contribution is 0.0746. The molecule has 7 nitrogen and oxygen atoms in total. The molecule has 1 fully saturated rings. The van der Waals surface area contributed by atoms with Gasteiger partial charge in [0.2, 0.25) is 5.95 Å². The maximum absolute atomic E-state index is 13.0. The van der Waals surface area contributed by atoms with Gasteiger partial charge < -0.3 is 9.80 Å². The smallest absolute Gasteiger partial charge is 0.254 e. The number of anilines is 1. The van der Waals surface area contributed by atoms with E-state index in [0.29, 0.717) is 37.7 Å². The number of aromatic nitrogens is 4. The molecule has 4 aromatic rings. The van der Waals surface area contributed by atoms with E-state index in [9.17, 15) is 4.79 Å². The fourth-order valence-electron chi connectivity index (χ4n) is 3.50. The van der Waals surface area contributed by atoms with Gasteiger partial charge in [0, 0.05) is 44.1 Å². The molecular weight excluding hydrogens is 352 g/mol. The molecule has 3 heterocycles. The Morgan fingerprint density at radius 2 is 1.39 bits per heavy atom. The van der Waals surface area contributed by atoms with Gasteiger partial charge in [0.1, 0.15) is 0 Å². The summed E-state index contributed by atoms with van der Waals surface area (Å²) in [6.45, 7) is 2.71. The molecule has 0 spiro atoms. The molecule has 0 saturated carbocycles. The van der Waals surface area contributed by atoms with Crippen LogP contribution in [-0.4, -0.2) is 56.9 Å². The summed E-state index contributed by atoms with van der Waals surface area (Å²) in [5.74, 6) is 0.730. The Kier molecular flexibility index (Phi) is 4.05. The Labute approximate surface area is 161 Å². The minimum absolute atomic E-state index is 0.0190. The van der Waals surface area contributed by atoms with E-state index in [4.69, 9.17) is 0 Å². The third-order valence-electron chi connectivity index (χ3n) is 4.99. The van der Waals surface area contributed by atoms with Crippen molar-refractivity contribution in [3.8, 4) is 0 Å². The molecule has 1 amide bonds. The van der Waals surface area contributed by atoms with Gasteiger partial charge in [-0.2, -0.15) is 0 Å². The number of rotatable bonds is 2. The number of hydrogen-bond donors (Lipinski definition) is 0. The molecule has 2 aromatic carbocycles. The lowest BCUT2D eigenvalue weighted by Crippen LogP contribution is -2.49. The van der Waals surface area contributed by atoms with Crippen molar-refractivity contribution >= 4 is 33.9 Å². The van der Waals surface area contributed by atoms with Crippen molar-refractivity contribution in [1.82, 2.24) is 24.8 Å². The summed E-state index contributed by atoms with van der Waals surface area (Å²) in [4.78, 5) is 34.8. The lowest BCUT2D eigenvalue weighted by atomic mass is 10.1. The van der Waals surface area contributed by atoms with E-state index in [0.717, 1.165) is 22.1 Å². The molecule has 1 aliphatic rings. The first-order valence-electron chi connectivity index (χ1n) is 9.26. The van der Waals surface area contributed by atoms with Crippen LogP contribution >= 0.6 is 0 Å². The van der Waals surface area contributed by atoms with E-state index in [1.54, 1.807) is 18.5 Å². The first-order valence-corrected chi connectivity index (χ1v) is 9.26. The highest BCUT2D eigenvalue weighted by molar-refractivity contribution is 5.98. The fourth-order valence-corrected chi connectivity index (χ4v) is 3.50. The van der Waals surface area contributed by atoms with Gasteiger partial charge >= 0.3 is 0 Å². The van der Waals surface area contributed by atoms with E-state index in [-0.39, 0.29) is 5.91 Å². The molecule has 0 N–H and O–H groups in total. The largest absolute Gasteiger partial charge is 0.337 e. The van der Waals surface area contributed by atoms with Crippen LogP contribution in [-0.2, 0) is 0 Å². The van der Waals surface area contributed by atoms with Crippen LogP contribution in [0.3, 0.4) is 0 Å². The molecule has 0 atom stereocenters. The predicted molar refractivity (Wildman–Crippen MR) is 107 cm³/mol. The number of carbonyl (C=O) groups excluding carboxylic acids is 1. The van der Waals surface area contributed by atoms with Gasteiger partial charge in [0.05, 0.1) is 22.1 Å². The number of piperazine rings is 1. The quantitative estimate of drug-likeness (QED) is 0.505. The number of fused-ring (bicyclic) bond motifs is 2. The summed E-state index contributed by atoms with van der Waals surface area (Å²) in [6.07, 6.45) is 3.47. The van der Waals surface area contributed by atoms with Gasteiger partial charge in [0.15, 0.2) is 0 Å². The van der Waals surface area contributed by atoms with Crippen LogP contribution in [0.5, 0.6) is 0 Å². The Hall–Kier alpha value is -3.61. The highest BCUT2D eigenvalue weighted by atomic mass is 16.2. The standard InChI is InChI=1S/C21H18N6O/c28-20(26-10-12-27(13-11-26)21-22-8-3-9-23-21)15-6-7-18-19(14-15)25-17-5-2-1-4-16(17)24-18/h1-9,14H,10-13H2. The monoisotopic (exact) mass is 370 g/mol. The molecule has 1 aliphatic heterocycles. The highest BCUT2D eigenvalue weighted by Crippen LogP contribution is 2.19. The van der Waals surface area contributed by atoms with Crippen LogP contribution in [0.2, 0.25) is 0 Å². The Morgan fingerprint density at radius 3 is 2.11 bits per heavy atom. The van der Waals surface area contributed by atoms with Crippen LogP contribution < -0.4 is 4.90 Å². The average molecular weight is 370 g/mol. The first kappa shape index (κ1) is 16.6. The molecule has 0 radical (unpaired) electrons. The molecule has 138 valence electrons. The van der Waals surface area contributed by atoms with Gasteiger partial charge in [-0.3, -0.25) is 4.79 Å². The van der Waals surface area contributed by atoms with Crippen LogP contribution in [0, 0.1) is 0 Å². The molecule has 1 saturated heterocycles. The summed E-state index contributed by atoms with van der Waals surface area (Å²) in [5, 5.41) is 0. The molecule has 0 unspecified atom stereocenters. The fraction of sp³-hybridized carbons (Fsp3) is 0.190. The molecule has 2 aromatic heterocycles. The Balaban J connectivity index is 1.36. The number of hydrogen-bond acceptors (Lipinski definition) is 6. The molecule has 0 aliphatic carbocycles. The van der Waals surface area contributed by atoms with Crippen molar-refractivity contribution < 1.29 is 4.79 Å². The minimum Gasteiger partial charge on any atom is -0.337 e. The topological polar surface area (TPSA) is 75.1 Å². The van der Waals surface area contributed by atoms with E-state index in [1.807, 2.05) is 47.4 Å². The van der Waals surface area contributed by atoms with Crippen molar-refractivity contribution in [1.29, 1.82) is 0 Å². The van der Waals surface area contributed by atoms with Crippen molar-refractivity contribution in [3.63, 3.8) is 0 Å². The summed E-state index contributed by atoms with van der Waals surface area (Å²) in [6, 6.07) is 15.1. The molecule has 28 heavy (non-hydrogen) atoms. The predicted octanol–water partition coefficient (Wildman–Crippen LogP) is 2.54. The van der Waals surface area contributed by atoms with E-state index < -0.39 is 0 Å². The zero-order chi connectivity index (χ0) is 18.9. The second-order valence-corrected chi connectivity index (χ2v) is 6.74. The first-order chi connectivity index (χ1) is 13.8. The van der Waals surface area contributed by atoms with E-state index >= 15 is 0 Å². The van der Waals surface area contributed by atoms with Crippen molar-refractivity contribution in [2.45, 2.75) is 0 Å². The van der Waals surface area contributed by atoms with Crippen molar-refractivity contribution in [2.75, 3.05) is 31.1 Å². The summed E-state index contributed by atoms with van der Waals surface area (Å²) >= 11 is 0.